The maximum Gasteiger partial charge on any atom is 0.326 e. The monoisotopic (exact) mass is 260 g/mol. The van der Waals surface area contributed by atoms with Crippen molar-refractivity contribution in [3.8, 4) is 0 Å². The maximum absolute atomic E-state index is 12.0. The van der Waals surface area contributed by atoms with E-state index in [9.17, 15) is 9.59 Å². The molecule has 1 unspecified atom stereocenters. The van der Waals surface area contributed by atoms with Crippen molar-refractivity contribution in [2.24, 2.45) is 5.73 Å². The minimum Gasteiger partial charge on any atom is -0.480 e. The second kappa shape index (κ2) is 6.67. The molecule has 1 rings (SSSR count). The molecule has 1 aliphatic heterocycles. The maximum atomic E-state index is 12.0. The topological polar surface area (TPSA) is 111 Å². The van der Waals surface area contributed by atoms with Crippen LogP contribution in [0.25, 0.3) is 0 Å². The van der Waals surface area contributed by atoms with Crippen LogP contribution in [0.4, 0.5) is 0 Å². The summed E-state index contributed by atoms with van der Waals surface area (Å²) >= 11 is 0. The number of aliphatic carboxylic acids is 1. The summed E-state index contributed by atoms with van der Waals surface area (Å²) in [6, 6.07) is -0.972. The van der Waals surface area contributed by atoms with E-state index >= 15 is 0 Å². The third-order valence-corrected chi connectivity index (χ3v) is 3.05. The van der Waals surface area contributed by atoms with Gasteiger partial charge in [0.25, 0.3) is 0 Å². The standard InChI is InChI=1S/C11H20N2O5/c1-17-5-2-8(9(14)15)13-10(16)11(12)3-6-18-7-4-11/h8H,2-7,12H2,1H3,(H,13,16)(H,14,15). The zero-order valence-electron chi connectivity index (χ0n) is 10.5. The predicted octanol–water partition coefficient (Wildman–Crippen LogP) is -0.900. The van der Waals surface area contributed by atoms with Crippen LogP contribution in [0.5, 0.6) is 0 Å². The molecule has 0 bridgehead atoms. The van der Waals surface area contributed by atoms with Gasteiger partial charge in [0.1, 0.15) is 6.04 Å². The first-order valence-corrected chi connectivity index (χ1v) is 5.89. The summed E-state index contributed by atoms with van der Waals surface area (Å²) in [4.78, 5) is 23.0. The number of carboxylic acids is 1. The van der Waals surface area contributed by atoms with Crippen molar-refractivity contribution in [3.63, 3.8) is 0 Å². The number of ether oxygens (including phenoxy) is 2. The minimum atomic E-state index is -1.09. The van der Waals surface area contributed by atoms with Crippen LogP contribution in [-0.2, 0) is 19.1 Å². The van der Waals surface area contributed by atoms with Crippen LogP contribution in [-0.4, -0.2) is 55.5 Å². The van der Waals surface area contributed by atoms with Gasteiger partial charge < -0.3 is 25.6 Å². The van der Waals surface area contributed by atoms with Crippen LogP contribution in [0.3, 0.4) is 0 Å². The molecule has 0 radical (unpaired) electrons. The van der Waals surface area contributed by atoms with Crippen LogP contribution in [0, 0.1) is 0 Å². The number of hydrogen-bond donors (Lipinski definition) is 3. The second-order valence-electron chi connectivity index (χ2n) is 4.41. The number of hydrogen-bond acceptors (Lipinski definition) is 5. The fourth-order valence-corrected chi connectivity index (χ4v) is 1.76. The van der Waals surface area contributed by atoms with Crippen molar-refractivity contribution in [2.75, 3.05) is 26.9 Å². The Balaban J connectivity index is 2.56. The minimum absolute atomic E-state index is 0.212. The van der Waals surface area contributed by atoms with E-state index in [4.69, 9.17) is 20.3 Å². The molecule has 4 N–H and O–H groups in total. The Bertz CT molecular complexity index is 302. The van der Waals surface area contributed by atoms with Crippen LogP contribution >= 0.6 is 0 Å². The first-order chi connectivity index (χ1) is 8.49. The number of carboxylic acid groups (broad SMARTS) is 1. The molecule has 1 fully saturated rings. The Morgan fingerprint density at radius 3 is 2.61 bits per heavy atom. The van der Waals surface area contributed by atoms with E-state index in [1.54, 1.807) is 0 Å². The van der Waals surface area contributed by atoms with E-state index in [1.165, 1.54) is 7.11 Å². The first kappa shape index (κ1) is 14.9. The summed E-state index contributed by atoms with van der Waals surface area (Å²) in [6.07, 6.45) is 1.01. The summed E-state index contributed by atoms with van der Waals surface area (Å²) in [6.45, 7) is 1.09. The highest BCUT2D eigenvalue weighted by Gasteiger charge is 2.37. The number of amides is 1. The Kier molecular flexibility index (Phi) is 5.52. The van der Waals surface area contributed by atoms with E-state index in [2.05, 4.69) is 5.32 Å². The highest BCUT2D eigenvalue weighted by Crippen LogP contribution is 2.18. The van der Waals surface area contributed by atoms with Gasteiger partial charge in [0, 0.05) is 33.4 Å². The van der Waals surface area contributed by atoms with Gasteiger partial charge in [-0.3, -0.25) is 4.79 Å². The number of carbonyl (C=O) groups excluding carboxylic acids is 1. The Morgan fingerprint density at radius 1 is 1.50 bits per heavy atom. The number of nitrogens with one attached hydrogen (secondary N) is 1. The SMILES string of the molecule is COCCC(NC(=O)C1(N)CCOCC1)C(=O)O. The fourth-order valence-electron chi connectivity index (χ4n) is 1.76. The molecule has 7 heteroatoms. The first-order valence-electron chi connectivity index (χ1n) is 5.89. The van der Waals surface area contributed by atoms with Gasteiger partial charge in [0.2, 0.25) is 5.91 Å². The zero-order chi connectivity index (χ0) is 13.6. The molecule has 0 aromatic heterocycles. The average Bonchev–Trinajstić information content (AvgIpc) is 2.34. The van der Waals surface area contributed by atoms with E-state index in [0.717, 1.165) is 0 Å². The molecule has 1 saturated heterocycles. The molecule has 104 valence electrons. The smallest absolute Gasteiger partial charge is 0.326 e. The van der Waals surface area contributed by atoms with Gasteiger partial charge in [-0.2, -0.15) is 0 Å². The molecular weight excluding hydrogens is 240 g/mol. The Hall–Kier alpha value is -1.18. The number of methoxy groups -OCH3 is 1. The highest BCUT2D eigenvalue weighted by atomic mass is 16.5. The highest BCUT2D eigenvalue weighted by molar-refractivity contribution is 5.90. The van der Waals surface area contributed by atoms with Crippen LogP contribution in [0.1, 0.15) is 19.3 Å². The van der Waals surface area contributed by atoms with Gasteiger partial charge in [-0.25, -0.2) is 4.79 Å². The second-order valence-corrected chi connectivity index (χ2v) is 4.41. The number of rotatable bonds is 6. The average molecular weight is 260 g/mol. The molecule has 1 aliphatic rings. The molecule has 1 atom stereocenters. The summed E-state index contributed by atoms with van der Waals surface area (Å²) in [7, 11) is 1.48. The van der Waals surface area contributed by atoms with Crippen molar-refractivity contribution in [1.82, 2.24) is 5.32 Å². The normalized spacial score (nSPS) is 20.1. The summed E-state index contributed by atoms with van der Waals surface area (Å²) in [5.74, 6) is -1.52. The molecule has 0 aromatic rings. The summed E-state index contributed by atoms with van der Waals surface area (Å²) in [5.41, 5.74) is 4.93. The lowest BCUT2D eigenvalue weighted by Crippen LogP contribution is -2.59. The van der Waals surface area contributed by atoms with Crippen LogP contribution in [0.15, 0.2) is 0 Å². The number of nitrogens with two attached hydrogens (primary N) is 1. The van der Waals surface area contributed by atoms with E-state index in [-0.39, 0.29) is 13.0 Å². The molecule has 1 heterocycles. The lowest BCUT2D eigenvalue weighted by molar-refractivity contribution is -0.144. The third-order valence-electron chi connectivity index (χ3n) is 3.05. The lowest BCUT2D eigenvalue weighted by Gasteiger charge is -2.32. The molecule has 0 saturated carbocycles. The molecule has 1 amide bonds. The van der Waals surface area contributed by atoms with Gasteiger partial charge in [-0.05, 0) is 12.8 Å². The molecule has 0 spiro atoms. The van der Waals surface area contributed by atoms with Gasteiger partial charge in [0.15, 0.2) is 0 Å². The third kappa shape index (κ3) is 3.94. The molecule has 0 aliphatic carbocycles. The van der Waals surface area contributed by atoms with Gasteiger partial charge >= 0.3 is 5.97 Å². The Labute approximate surface area is 106 Å². The number of carbonyl (C=O) groups is 2. The van der Waals surface area contributed by atoms with Gasteiger partial charge in [-0.1, -0.05) is 0 Å². The van der Waals surface area contributed by atoms with Crippen molar-refractivity contribution in [1.29, 1.82) is 0 Å². The van der Waals surface area contributed by atoms with Crippen LogP contribution in [0.2, 0.25) is 0 Å². The van der Waals surface area contributed by atoms with Crippen LogP contribution < -0.4 is 11.1 Å². The van der Waals surface area contributed by atoms with Crippen molar-refractivity contribution >= 4 is 11.9 Å². The van der Waals surface area contributed by atoms with E-state index in [0.29, 0.717) is 26.1 Å². The summed E-state index contributed by atoms with van der Waals surface area (Å²) < 4.78 is 9.94. The van der Waals surface area contributed by atoms with E-state index in [1.807, 2.05) is 0 Å². The molecule has 18 heavy (non-hydrogen) atoms. The summed E-state index contributed by atoms with van der Waals surface area (Å²) in [5, 5.41) is 11.5. The predicted molar refractivity (Wildman–Crippen MR) is 63.0 cm³/mol. The lowest BCUT2D eigenvalue weighted by atomic mass is 9.90. The van der Waals surface area contributed by atoms with Crippen molar-refractivity contribution in [2.45, 2.75) is 30.8 Å². The largest absolute Gasteiger partial charge is 0.480 e. The molecular formula is C11H20N2O5. The van der Waals surface area contributed by atoms with E-state index < -0.39 is 23.5 Å². The zero-order valence-corrected chi connectivity index (χ0v) is 10.5. The van der Waals surface area contributed by atoms with Crippen molar-refractivity contribution in [3.05, 3.63) is 0 Å². The quantitative estimate of drug-likeness (QED) is 0.571. The Morgan fingerprint density at radius 2 is 2.11 bits per heavy atom. The van der Waals surface area contributed by atoms with Crippen molar-refractivity contribution < 1.29 is 24.2 Å². The van der Waals surface area contributed by atoms with Gasteiger partial charge in [-0.15, -0.1) is 0 Å². The molecule has 7 nitrogen and oxygen atoms in total. The van der Waals surface area contributed by atoms with Gasteiger partial charge in [0.05, 0.1) is 5.54 Å². The molecule has 0 aromatic carbocycles. The fraction of sp³-hybridized carbons (Fsp3) is 0.818.